The summed E-state index contributed by atoms with van der Waals surface area (Å²) in [5.41, 5.74) is 1.62. The first-order valence-electron chi connectivity index (χ1n) is 8.34. The number of hydrogen-bond acceptors (Lipinski definition) is 4. The first-order valence-corrected chi connectivity index (χ1v) is 8.34. The molecule has 0 aliphatic carbocycles. The summed E-state index contributed by atoms with van der Waals surface area (Å²) >= 11 is 0. The maximum Gasteiger partial charge on any atom is 0.306 e. The topological polar surface area (TPSA) is 64.6 Å². The predicted molar refractivity (Wildman–Crippen MR) is 94.2 cm³/mol. The van der Waals surface area contributed by atoms with Crippen LogP contribution in [-0.4, -0.2) is 19.0 Å². The van der Waals surface area contributed by atoms with Gasteiger partial charge in [-0.2, -0.15) is 0 Å². The lowest BCUT2D eigenvalue weighted by Crippen LogP contribution is -2.15. The summed E-state index contributed by atoms with van der Waals surface area (Å²) in [6, 6.07) is 17.0. The molecule has 3 rings (SSSR count). The van der Waals surface area contributed by atoms with E-state index < -0.39 is 0 Å². The molecule has 2 aromatic carbocycles. The van der Waals surface area contributed by atoms with Crippen molar-refractivity contribution in [3.8, 4) is 5.75 Å². The van der Waals surface area contributed by atoms with Crippen LogP contribution >= 0.6 is 0 Å². The van der Waals surface area contributed by atoms with Crippen molar-refractivity contribution in [3.63, 3.8) is 0 Å². The molecule has 2 aromatic rings. The molecule has 130 valence electrons. The molecule has 5 heteroatoms. The number of hydrogen-bond donors (Lipinski definition) is 1. The fraction of sp³-hybridized carbons (Fsp3) is 0.300. The highest BCUT2D eigenvalue weighted by Gasteiger charge is 2.35. The highest BCUT2D eigenvalue weighted by Crippen LogP contribution is 2.38. The molecule has 1 N–H and O–H groups in total. The minimum absolute atomic E-state index is 0.0123. The van der Waals surface area contributed by atoms with Crippen LogP contribution in [0.1, 0.15) is 30.9 Å². The van der Waals surface area contributed by atoms with E-state index >= 15 is 0 Å². The Bertz CT molecular complexity index is 744. The SMILES string of the molecule is COc1ccccc1NC(=O)CCC1CC(=O)OC1c1ccccc1. The largest absolute Gasteiger partial charge is 0.495 e. The molecular formula is C20H21NO4. The smallest absolute Gasteiger partial charge is 0.306 e. The summed E-state index contributed by atoms with van der Waals surface area (Å²) in [5.74, 6) is 0.329. The Morgan fingerprint density at radius 3 is 2.64 bits per heavy atom. The lowest BCUT2D eigenvalue weighted by Gasteiger charge is -2.17. The Hall–Kier alpha value is -2.82. The minimum Gasteiger partial charge on any atom is -0.495 e. The monoisotopic (exact) mass is 339 g/mol. The molecular weight excluding hydrogens is 318 g/mol. The first-order chi connectivity index (χ1) is 12.2. The third-order valence-electron chi connectivity index (χ3n) is 4.37. The number of carbonyl (C=O) groups is 2. The molecule has 1 heterocycles. The van der Waals surface area contributed by atoms with Gasteiger partial charge in [0.25, 0.3) is 0 Å². The van der Waals surface area contributed by atoms with E-state index in [0.29, 0.717) is 30.7 Å². The standard InChI is InChI=1S/C20H21NO4/c1-24-17-10-6-5-9-16(17)21-18(22)12-11-15-13-19(23)25-20(15)14-7-3-2-4-8-14/h2-10,15,20H,11-13H2,1H3,(H,21,22). The molecule has 0 saturated carbocycles. The van der Waals surface area contributed by atoms with Gasteiger partial charge in [0, 0.05) is 12.3 Å². The third-order valence-corrected chi connectivity index (χ3v) is 4.37. The number of cyclic esters (lactones) is 1. The van der Waals surface area contributed by atoms with E-state index in [-0.39, 0.29) is 23.9 Å². The molecule has 1 fully saturated rings. The quantitative estimate of drug-likeness (QED) is 0.815. The molecule has 1 amide bonds. The number of anilines is 1. The van der Waals surface area contributed by atoms with Crippen molar-refractivity contribution in [2.45, 2.75) is 25.4 Å². The fourth-order valence-corrected chi connectivity index (χ4v) is 3.12. The summed E-state index contributed by atoms with van der Waals surface area (Å²) in [4.78, 5) is 24.0. The van der Waals surface area contributed by atoms with Gasteiger partial charge in [-0.05, 0) is 24.1 Å². The maximum absolute atomic E-state index is 12.3. The van der Waals surface area contributed by atoms with E-state index in [4.69, 9.17) is 9.47 Å². The lowest BCUT2D eigenvalue weighted by molar-refractivity contribution is -0.141. The highest BCUT2D eigenvalue weighted by molar-refractivity contribution is 5.92. The van der Waals surface area contributed by atoms with Gasteiger partial charge in [0.2, 0.25) is 5.91 Å². The molecule has 25 heavy (non-hydrogen) atoms. The van der Waals surface area contributed by atoms with Crippen molar-refractivity contribution in [2.75, 3.05) is 12.4 Å². The van der Waals surface area contributed by atoms with Crippen LogP contribution < -0.4 is 10.1 Å². The second-order valence-electron chi connectivity index (χ2n) is 6.07. The molecule has 1 saturated heterocycles. The molecule has 5 nitrogen and oxygen atoms in total. The van der Waals surface area contributed by atoms with Crippen molar-refractivity contribution >= 4 is 17.6 Å². The van der Waals surface area contributed by atoms with Crippen molar-refractivity contribution in [3.05, 3.63) is 60.2 Å². The van der Waals surface area contributed by atoms with Crippen LogP contribution in [0.2, 0.25) is 0 Å². The third kappa shape index (κ3) is 4.18. The molecule has 0 aromatic heterocycles. The molecule has 0 bridgehead atoms. The number of methoxy groups -OCH3 is 1. The van der Waals surface area contributed by atoms with Crippen LogP contribution in [0.5, 0.6) is 5.75 Å². The van der Waals surface area contributed by atoms with Crippen LogP contribution in [0.4, 0.5) is 5.69 Å². The zero-order valence-electron chi connectivity index (χ0n) is 14.1. The average molecular weight is 339 g/mol. The van der Waals surface area contributed by atoms with Crippen LogP contribution in [0.3, 0.4) is 0 Å². The van der Waals surface area contributed by atoms with E-state index in [1.807, 2.05) is 42.5 Å². The summed E-state index contributed by atoms with van der Waals surface area (Å²) in [6.45, 7) is 0. The van der Waals surface area contributed by atoms with E-state index in [1.54, 1.807) is 19.2 Å². The summed E-state index contributed by atoms with van der Waals surface area (Å²) in [7, 11) is 1.57. The number of rotatable bonds is 6. The van der Waals surface area contributed by atoms with E-state index in [1.165, 1.54) is 0 Å². The first kappa shape index (κ1) is 17.0. The molecule has 1 aliphatic heterocycles. The van der Waals surface area contributed by atoms with E-state index in [9.17, 15) is 9.59 Å². The normalized spacial score (nSPS) is 19.3. The lowest BCUT2D eigenvalue weighted by atomic mass is 9.91. The summed E-state index contributed by atoms with van der Waals surface area (Å²) in [5, 5.41) is 2.86. The Morgan fingerprint density at radius 1 is 1.16 bits per heavy atom. The van der Waals surface area contributed by atoms with Gasteiger partial charge in [-0.3, -0.25) is 9.59 Å². The van der Waals surface area contributed by atoms with Gasteiger partial charge in [0.05, 0.1) is 19.2 Å². The second-order valence-corrected chi connectivity index (χ2v) is 6.07. The summed E-state index contributed by atoms with van der Waals surface area (Å²) in [6.07, 6.45) is 0.990. The number of carbonyl (C=O) groups excluding carboxylic acids is 2. The zero-order valence-corrected chi connectivity index (χ0v) is 14.1. The number of para-hydroxylation sites is 2. The number of esters is 1. The van der Waals surface area contributed by atoms with Crippen LogP contribution in [0.15, 0.2) is 54.6 Å². The van der Waals surface area contributed by atoms with Crippen molar-refractivity contribution in [2.24, 2.45) is 5.92 Å². The number of benzene rings is 2. The van der Waals surface area contributed by atoms with Gasteiger partial charge in [-0.15, -0.1) is 0 Å². The van der Waals surface area contributed by atoms with Crippen molar-refractivity contribution < 1.29 is 19.1 Å². The van der Waals surface area contributed by atoms with E-state index in [0.717, 1.165) is 5.56 Å². The minimum atomic E-state index is -0.271. The Balaban J connectivity index is 1.60. The maximum atomic E-state index is 12.3. The molecule has 2 unspecified atom stereocenters. The Labute approximate surface area is 147 Å². The van der Waals surface area contributed by atoms with Gasteiger partial charge < -0.3 is 14.8 Å². The van der Waals surface area contributed by atoms with Crippen LogP contribution in [-0.2, 0) is 14.3 Å². The Kier molecular flexibility index (Phi) is 5.33. The number of nitrogens with one attached hydrogen (secondary N) is 1. The van der Waals surface area contributed by atoms with E-state index in [2.05, 4.69) is 5.32 Å². The molecule has 0 radical (unpaired) electrons. The number of ether oxygens (including phenoxy) is 2. The number of amides is 1. The average Bonchev–Trinajstić information content (AvgIpc) is 3.02. The molecule has 1 aliphatic rings. The van der Waals surface area contributed by atoms with Crippen molar-refractivity contribution in [1.29, 1.82) is 0 Å². The van der Waals surface area contributed by atoms with Crippen LogP contribution in [0.25, 0.3) is 0 Å². The second kappa shape index (κ2) is 7.83. The zero-order chi connectivity index (χ0) is 17.6. The van der Waals surface area contributed by atoms with Gasteiger partial charge in [-0.25, -0.2) is 0 Å². The Morgan fingerprint density at radius 2 is 1.88 bits per heavy atom. The van der Waals surface area contributed by atoms with Gasteiger partial charge in [0.15, 0.2) is 0 Å². The van der Waals surface area contributed by atoms with Crippen molar-refractivity contribution in [1.82, 2.24) is 0 Å². The fourth-order valence-electron chi connectivity index (χ4n) is 3.12. The van der Waals surface area contributed by atoms with Gasteiger partial charge >= 0.3 is 5.97 Å². The van der Waals surface area contributed by atoms with Gasteiger partial charge in [0.1, 0.15) is 11.9 Å². The summed E-state index contributed by atoms with van der Waals surface area (Å²) < 4.78 is 10.7. The van der Waals surface area contributed by atoms with Crippen LogP contribution in [0, 0.1) is 5.92 Å². The molecule has 2 atom stereocenters. The highest BCUT2D eigenvalue weighted by atomic mass is 16.5. The predicted octanol–water partition coefficient (Wildman–Crippen LogP) is 3.72. The molecule has 0 spiro atoms. The van der Waals surface area contributed by atoms with Gasteiger partial charge in [-0.1, -0.05) is 42.5 Å².